The molecule has 32 heavy (non-hydrogen) atoms. The topological polar surface area (TPSA) is 101 Å². The van der Waals surface area contributed by atoms with Crippen LogP contribution in [0, 0.1) is 28.6 Å². The fraction of sp³-hybridized carbons (Fsp3) is 0.731. The zero-order valence-electron chi connectivity index (χ0n) is 19.4. The first-order chi connectivity index (χ1) is 15.1. The number of ether oxygens (including phenoxy) is 1. The van der Waals surface area contributed by atoms with Crippen molar-refractivity contribution in [2.75, 3.05) is 6.61 Å². The average Bonchev–Trinajstić information content (AvgIpc) is 3.04. The summed E-state index contributed by atoms with van der Waals surface area (Å²) in [6.07, 6.45) is 9.42. The van der Waals surface area contributed by atoms with Gasteiger partial charge in [-0.3, -0.25) is 14.4 Å². The minimum Gasteiger partial charge on any atom is -0.450 e. The van der Waals surface area contributed by atoms with Gasteiger partial charge in [-0.25, -0.2) is 0 Å². The maximum Gasteiger partial charge on any atom is 0.306 e. The molecule has 0 bridgehead atoms. The van der Waals surface area contributed by atoms with Crippen LogP contribution in [0.5, 0.6) is 0 Å². The van der Waals surface area contributed by atoms with Gasteiger partial charge in [-0.1, -0.05) is 38.8 Å². The van der Waals surface area contributed by atoms with E-state index < -0.39 is 35.5 Å². The van der Waals surface area contributed by atoms with Gasteiger partial charge in [0.15, 0.2) is 11.4 Å². The second-order valence-electron chi connectivity index (χ2n) is 10.7. The lowest BCUT2D eigenvalue weighted by atomic mass is 9.46. The van der Waals surface area contributed by atoms with Crippen molar-refractivity contribution in [3.8, 4) is 0 Å². The van der Waals surface area contributed by atoms with Crippen molar-refractivity contribution in [2.45, 2.75) is 83.8 Å². The van der Waals surface area contributed by atoms with Crippen LogP contribution in [0.2, 0.25) is 0 Å². The van der Waals surface area contributed by atoms with E-state index in [0.29, 0.717) is 19.3 Å². The van der Waals surface area contributed by atoms with Crippen molar-refractivity contribution in [1.82, 2.24) is 0 Å². The smallest absolute Gasteiger partial charge is 0.306 e. The molecule has 3 unspecified atom stereocenters. The van der Waals surface area contributed by atoms with E-state index in [1.54, 1.807) is 12.2 Å². The molecule has 4 rings (SSSR count). The number of fused-ring (bicyclic) bond motifs is 5. The van der Waals surface area contributed by atoms with Gasteiger partial charge < -0.3 is 14.9 Å². The van der Waals surface area contributed by atoms with Crippen molar-refractivity contribution >= 4 is 17.5 Å². The van der Waals surface area contributed by atoms with E-state index in [-0.39, 0.29) is 35.4 Å². The lowest BCUT2D eigenvalue weighted by Crippen LogP contribution is -2.63. The van der Waals surface area contributed by atoms with Crippen LogP contribution in [-0.2, 0) is 19.1 Å². The summed E-state index contributed by atoms with van der Waals surface area (Å²) < 4.78 is 5.97. The molecule has 0 aromatic heterocycles. The lowest BCUT2D eigenvalue weighted by molar-refractivity contribution is -0.200. The molecule has 3 saturated carbocycles. The van der Waals surface area contributed by atoms with Crippen molar-refractivity contribution in [3.05, 3.63) is 23.8 Å². The van der Waals surface area contributed by atoms with Crippen LogP contribution < -0.4 is 0 Å². The molecule has 0 amide bonds. The van der Waals surface area contributed by atoms with Crippen LogP contribution in [0.15, 0.2) is 23.8 Å². The van der Waals surface area contributed by atoms with E-state index in [1.807, 2.05) is 19.9 Å². The van der Waals surface area contributed by atoms with Gasteiger partial charge in [0.05, 0.1) is 6.10 Å². The van der Waals surface area contributed by atoms with Crippen LogP contribution in [-0.4, -0.2) is 46.1 Å². The van der Waals surface area contributed by atoms with Crippen LogP contribution in [0.4, 0.5) is 0 Å². The lowest BCUT2D eigenvalue weighted by Gasteiger charge is -2.59. The zero-order valence-corrected chi connectivity index (χ0v) is 19.4. The highest BCUT2D eigenvalue weighted by molar-refractivity contribution is 6.01. The first-order valence-corrected chi connectivity index (χ1v) is 12.1. The highest BCUT2D eigenvalue weighted by atomic mass is 16.6. The van der Waals surface area contributed by atoms with Crippen molar-refractivity contribution in [3.63, 3.8) is 0 Å². The summed E-state index contributed by atoms with van der Waals surface area (Å²) in [6, 6.07) is 0. The monoisotopic (exact) mass is 444 g/mol. The number of unbranched alkanes of at least 4 members (excludes halogenated alkanes) is 1. The number of aliphatic hydroxyl groups is 2. The van der Waals surface area contributed by atoms with Gasteiger partial charge >= 0.3 is 5.97 Å². The van der Waals surface area contributed by atoms with E-state index in [9.17, 15) is 24.6 Å². The van der Waals surface area contributed by atoms with Crippen LogP contribution in [0.3, 0.4) is 0 Å². The van der Waals surface area contributed by atoms with E-state index >= 15 is 0 Å². The predicted octanol–water partition coefficient (Wildman–Crippen LogP) is 3.30. The minimum absolute atomic E-state index is 0.00141. The molecule has 0 radical (unpaired) electrons. The van der Waals surface area contributed by atoms with E-state index in [2.05, 4.69) is 6.92 Å². The number of hydrogen-bond acceptors (Lipinski definition) is 6. The molecule has 0 aromatic carbocycles. The van der Waals surface area contributed by atoms with Crippen molar-refractivity contribution in [2.24, 2.45) is 28.6 Å². The normalized spacial score (nSPS) is 42.5. The molecule has 0 spiro atoms. The first kappa shape index (κ1) is 23.4. The Labute approximate surface area is 190 Å². The van der Waals surface area contributed by atoms with Gasteiger partial charge in [0.2, 0.25) is 5.78 Å². The molecule has 176 valence electrons. The maximum absolute atomic E-state index is 13.1. The second-order valence-corrected chi connectivity index (χ2v) is 10.7. The molecule has 6 nitrogen and oxygen atoms in total. The Kier molecular flexibility index (Phi) is 6.00. The third-order valence-corrected chi connectivity index (χ3v) is 9.23. The number of carbonyl (C=O) groups excluding carboxylic acids is 3. The van der Waals surface area contributed by atoms with E-state index in [1.165, 1.54) is 0 Å². The molecule has 0 heterocycles. The largest absolute Gasteiger partial charge is 0.450 e. The number of carbonyl (C=O) groups is 3. The SMILES string of the molecule is CCCCC(=O)O[C@]1(C(=O)CO)CCC2C3CCC4=CC(=O)C=C[C@]4(C)C3[C@@H](O)C[C@@]21C. The summed E-state index contributed by atoms with van der Waals surface area (Å²) >= 11 is 0. The molecule has 0 aliphatic heterocycles. The molecule has 6 heteroatoms. The number of aliphatic hydroxyl groups excluding tert-OH is 2. The number of allylic oxidation sites excluding steroid dienone is 4. The number of hydrogen-bond donors (Lipinski definition) is 2. The van der Waals surface area contributed by atoms with Crippen LogP contribution >= 0.6 is 0 Å². The predicted molar refractivity (Wildman–Crippen MR) is 118 cm³/mol. The summed E-state index contributed by atoms with van der Waals surface area (Å²) in [5, 5.41) is 21.3. The number of rotatable bonds is 6. The zero-order chi connectivity index (χ0) is 23.3. The number of Topliss-reactive ketones (excluding diaryl/α,β-unsaturated/α-hetero) is 1. The standard InChI is InChI=1S/C26H36O6/c1-4-5-6-22(31)32-26(21(30)15-27)12-10-19-18-8-7-16-13-17(28)9-11-24(16,2)23(18)20(29)14-25(19,26)3/h9,11,13,18-20,23,27,29H,4-8,10,12,14-15H2,1-3H3/t18?,19?,20-,23?,24-,25-,26-/m0/s1. The van der Waals surface area contributed by atoms with E-state index in [0.717, 1.165) is 31.3 Å². The summed E-state index contributed by atoms with van der Waals surface area (Å²) in [4.78, 5) is 37.8. The maximum atomic E-state index is 13.1. The van der Waals surface area contributed by atoms with Crippen molar-refractivity contribution < 1.29 is 29.3 Å². The fourth-order valence-electron chi connectivity index (χ4n) is 7.69. The summed E-state index contributed by atoms with van der Waals surface area (Å²) in [6.45, 7) is 5.39. The highest BCUT2D eigenvalue weighted by Crippen LogP contribution is 2.67. The Morgan fingerprint density at radius 1 is 1.25 bits per heavy atom. The molecule has 3 fully saturated rings. The molecule has 7 atom stereocenters. The third-order valence-electron chi connectivity index (χ3n) is 9.23. The van der Waals surface area contributed by atoms with Crippen LogP contribution in [0.25, 0.3) is 0 Å². The van der Waals surface area contributed by atoms with Gasteiger partial charge in [0, 0.05) is 23.2 Å². The minimum atomic E-state index is -1.39. The Balaban J connectivity index is 1.70. The van der Waals surface area contributed by atoms with Gasteiger partial charge in [-0.2, -0.15) is 0 Å². The molecule has 2 N–H and O–H groups in total. The summed E-state index contributed by atoms with van der Waals surface area (Å²) in [5.41, 5.74) is -1.43. The Morgan fingerprint density at radius 3 is 2.69 bits per heavy atom. The molecule has 0 aromatic rings. The van der Waals surface area contributed by atoms with E-state index in [4.69, 9.17) is 4.74 Å². The molecular weight excluding hydrogens is 408 g/mol. The highest BCUT2D eigenvalue weighted by Gasteiger charge is 2.70. The molecular formula is C26H36O6. The quantitative estimate of drug-likeness (QED) is 0.610. The van der Waals surface area contributed by atoms with Crippen molar-refractivity contribution in [1.29, 1.82) is 0 Å². The summed E-state index contributed by atoms with van der Waals surface area (Å²) in [5.74, 6) is -0.675. The van der Waals surface area contributed by atoms with Gasteiger partial charge in [-0.05, 0) is 62.5 Å². The average molecular weight is 445 g/mol. The Morgan fingerprint density at radius 2 is 2.00 bits per heavy atom. The molecule has 4 aliphatic carbocycles. The van der Waals surface area contributed by atoms with Crippen LogP contribution in [0.1, 0.15) is 72.1 Å². The van der Waals surface area contributed by atoms with Gasteiger partial charge in [-0.15, -0.1) is 0 Å². The Bertz CT molecular complexity index is 874. The van der Waals surface area contributed by atoms with Gasteiger partial charge in [0.1, 0.15) is 6.61 Å². The fourth-order valence-corrected chi connectivity index (χ4v) is 7.69. The summed E-state index contributed by atoms with van der Waals surface area (Å²) in [7, 11) is 0. The third kappa shape index (κ3) is 3.25. The Hall–Kier alpha value is -1.79. The van der Waals surface area contributed by atoms with Gasteiger partial charge in [0.25, 0.3) is 0 Å². The number of ketones is 2. The molecule has 4 aliphatic rings. The number of esters is 1. The molecule has 0 saturated heterocycles. The first-order valence-electron chi connectivity index (χ1n) is 12.1. The second kappa shape index (κ2) is 8.21.